The monoisotopic (exact) mass is 720 g/mol. The third kappa shape index (κ3) is 23.4. The van der Waals surface area contributed by atoms with Gasteiger partial charge in [0, 0.05) is 13.2 Å². The summed E-state index contributed by atoms with van der Waals surface area (Å²) in [7, 11) is 0. The van der Waals surface area contributed by atoms with Crippen molar-refractivity contribution < 1.29 is 47.5 Å². The molecule has 0 saturated carbocycles. The molecule has 1 aromatic carbocycles. The molecule has 1 fully saturated rings. The summed E-state index contributed by atoms with van der Waals surface area (Å²) in [6.07, 6.45) is 20.7. The van der Waals surface area contributed by atoms with Crippen LogP contribution in [0.15, 0.2) is 18.2 Å². The Hall–Kier alpha value is -2.85. The predicted molar refractivity (Wildman–Crippen MR) is 198 cm³/mol. The van der Waals surface area contributed by atoms with Crippen molar-refractivity contribution in [3.63, 3.8) is 0 Å². The zero-order chi connectivity index (χ0) is 36.6. The second kappa shape index (κ2) is 30.7. The third-order valence-electron chi connectivity index (χ3n) is 8.71. The van der Waals surface area contributed by atoms with E-state index in [1.807, 2.05) is 19.1 Å². The molecule has 0 N–H and O–H groups in total. The highest BCUT2D eigenvalue weighted by molar-refractivity contribution is 5.93. The normalized spacial score (nSPS) is 14.2. The van der Waals surface area contributed by atoms with E-state index in [0.717, 1.165) is 103 Å². The summed E-state index contributed by atoms with van der Waals surface area (Å²) in [6, 6.07) is 5.44. The predicted octanol–water partition coefficient (Wildman–Crippen LogP) is 9.68. The average molecular weight is 721 g/mol. The quantitative estimate of drug-likeness (QED) is 0.0405. The molecule has 1 unspecified atom stereocenters. The van der Waals surface area contributed by atoms with E-state index in [0.29, 0.717) is 56.7 Å². The molecule has 2 rings (SSSR count). The number of ether oxygens (including phenoxy) is 7. The number of carbonyl (C=O) groups excluding carboxylic acids is 3. The molecule has 1 aromatic rings. The zero-order valence-electron chi connectivity index (χ0n) is 31.9. The van der Waals surface area contributed by atoms with Crippen molar-refractivity contribution in [2.24, 2.45) is 0 Å². The van der Waals surface area contributed by atoms with Crippen LogP contribution >= 0.6 is 0 Å². The van der Waals surface area contributed by atoms with Crippen LogP contribution in [0.2, 0.25) is 0 Å². The smallest absolute Gasteiger partial charge is 0.342 e. The molecular weight excluding hydrogens is 652 g/mol. The molecule has 0 bridgehead atoms. The Morgan fingerprint density at radius 3 is 1.80 bits per heavy atom. The van der Waals surface area contributed by atoms with Crippen LogP contribution in [0.1, 0.15) is 165 Å². The van der Waals surface area contributed by atoms with Gasteiger partial charge in [-0.2, -0.15) is 0 Å². The van der Waals surface area contributed by atoms with Crippen LogP contribution in [0.3, 0.4) is 0 Å². The third-order valence-corrected chi connectivity index (χ3v) is 8.71. The largest absolute Gasteiger partial charge is 0.494 e. The van der Waals surface area contributed by atoms with Crippen molar-refractivity contribution in [2.45, 2.75) is 161 Å². The lowest BCUT2D eigenvalue weighted by Crippen LogP contribution is -2.22. The number of benzene rings is 1. The Labute approximate surface area is 307 Å². The van der Waals surface area contributed by atoms with Crippen molar-refractivity contribution >= 4 is 17.9 Å². The van der Waals surface area contributed by atoms with Crippen LogP contribution < -0.4 is 9.47 Å². The van der Waals surface area contributed by atoms with Crippen molar-refractivity contribution in [3.05, 3.63) is 23.8 Å². The number of hydrogen-bond acceptors (Lipinski definition) is 10. The number of rotatable bonds is 32. The molecule has 1 saturated heterocycles. The molecule has 1 heterocycles. The van der Waals surface area contributed by atoms with E-state index < -0.39 is 0 Å². The van der Waals surface area contributed by atoms with Crippen LogP contribution in [-0.4, -0.2) is 70.4 Å². The van der Waals surface area contributed by atoms with Gasteiger partial charge in [0.15, 0.2) is 6.29 Å². The van der Waals surface area contributed by atoms with Gasteiger partial charge in [0.05, 0.1) is 45.9 Å². The Morgan fingerprint density at radius 2 is 1.18 bits per heavy atom. The van der Waals surface area contributed by atoms with Gasteiger partial charge < -0.3 is 33.2 Å². The first-order chi connectivity index (χ1) is 25.0. The maximum atomic E-state index is 13.2. The molecule has 1 aliphatic heterocycles. The first kappa shape index (κ1) is 44.3. The summed E-state index contributed by atoms with van der Waals surface area (Å²) < 4.78 is 39.4. The van der Waals surface area contributed by atoms with Crippen molar-refractivity contribution in [1.82, 2.24) is 0 Å². The van der Waals surface area contributed by atoms with Gasteiger partial charge >= 0.3 is 17.9 Å². The molecule has 0 aliphatic carbocycles. The Kier molecular flexibility index (Phi) is 26.7. The summed E-state index contributed by atoms with van der Waals surface area (Å²) >= 11 is 0. The van der Waals surface area contributed by atoms with Gasteiger partial charge in [0.2, 0.25) is 0 Å². The molecular formula is C41H68O10. The second-order valence-corrected chi connectivity index (χ2v) is 13.4. The van der Waals surface area contributed by atoms with Crippen LogP contribution in [0.25, 0.3) is 0 Å². The lowest BCUT2D eigenvalue weighted by atomic mass is 10.1. The van der Waals surface area contributed by atoms with Gasteiger partial charge in [-0.1, -0.05) is 78.1 Å². The molecule has 0 aromatic heterocycles. The minimum absolute atomic E-state index is 0.0428. The molecule has 51 heavy (non-hydrogen) atoms. The zero-order valence-corrected chi connectivity index (χ0v) is 31.9. The molecule has 1 aliphatic rings. The number of esters is 3. The van der Waals surface area contributed by atoms with Crippen molar-refractivity contribution in [2.75, 3.05) is 46.2 Å². The van der Waals surface area contributed by atoms with Gasteiger partial charge in [0.1, 0.15) is 17.1 Å². The fourth-order valence-corrected chi connectivity index (χ4v) is 5.66. The minimum atomic E-state index is -0.384. The maximum Gasteiger partial charge on any atom is 0.342 e. The number of carbonyl (C=O) groups is 3. The van der Waals surface area contributed by atoms with E-state index in [2.05, 4.69) is 6.92 Å². The summed E-state index contributed by atoms with van der Waals surface area (Å²) in [6.45, 7) is 7.88. The molecule has 10 nitrogen and oxygen atoms in total. The average Bonchev–Trinajstić information content (AvgIpc) is 3.15. The minimum Gasteiger partial charge on any atom is -0.494 e. The highest BCUT2D eigenvalue weighted by Crippen LogP contribution is 2.26. The highest BCUT2D eigenvalue weighted by Gasteiger charge is 2.17. The molecule has 0 radical (unpaired) electrons. The Morgan fingerprint density at radius 1 is 0.608 bits per heavy atom. The fraction of sp³-hybridized carbons (Fsp3) is 0.780. The van der Waals surface area contributed by atoms with E-state index in [4.69, 9.17) is 33.2 Å². The maximum absolute atomic E-state index is 13.2. The van der Waals surface area contributed by atoms with E-state index in [9.17, 15) is 14.4 Å². The van der Waals surface area contributed by atoms with Crippen LogP contribution in [-0.2, 0) is 33.3 Å². The summed E-state index contributed by atoms with van der Waals surface area (Å²) in [5.74, 6) is 0.0793. The van der Waals surface area contributed by atoms with E-state index >= 15 is 0 Å². The van der Waals surface area contributed by atoms with Gasteiger partial charge in [-0.3, -0.25) is 9.59 Å². The van der Waals surface area contributed by atoms with Gasteiger partial charge in [0.25, 0.3) is 0 Å². The summed E-state index contributed by atoms with van der Waals surface area (Å²) in [5, 5.41) is 0. The standard InChI is InChI=1S/C41H68O10/c1-3-5-6-7-10-16-28-45-35-23-24-37(36(34-35)41(44)51-33-20-14-13-19-31-49-40-22-15-21-32-50-40)46-29-17-11-8-9-12-18-30-48-39(43)26-25-38(42)47-27-4-2/h23-24,34,40H,3-22,25-33H2,1-2H3. The summed E-state index contributed by atoms with van der Waals surface area (Å²) in [4.78, 5) is 36.5. The van der Waals surface area contributed by atoms with E-state index in [1.54, 1.807) is 6.07 Å². The van der Waals surface area contributed by atoms with E-state index in [1.165, 1.54) is 32.1 Å². The summed E-state index contributed by atoms with van der Waals surface area (Å²) in [5.41, 5.74) is 0.406. The molecule has 1 atom stereocenters. The van der Waals surface area contributed by atoms with Crippen LogP contribution in [0.5, 0.6) is 11.5 Å². The molecule has 0 amide bonds. The van der Waals surface area contributed by atoms with Crippen LogP contribution in [0, 0.1) is 0 Å². The molecule has 10 heteroatoms. The van der Waals surface area contributed by atoms with Gasteiger partial charge in [-0.25, -0.2) is 4.79 Å². The van der Waals surface area contributed by atoms with Crippen molar-refractivity contribution in [3.8, 4) is 11.5 Å². The fourth-order valence-electron chi connectivity index (χ4n) is 5.66. The van der Waals surface area contributed by atoms with Gasteiger partial charge in [-0.05, 0) is 82.4 Å². The Bertz CT molecular complexity index is 1040. The topological polar surface area (TPSA) is 116 Å². The lowest BCUT2D eigenvalue weighted by molar-refractivity contribution is -0.162. The van der Waals surface area contributed by atoms with Crippen LogP contribution in [0.4, 0.5) is 0 Å². The number of hydrogen-bond donors (Lipinski definition) is 0. The molecule has 292 valence electrons. The molecule has 0 spiro atoms. The number of unbranched alkanes of at least 4 members (excludes halogenated alkanes) is 13. The van der Waals surface area contributed by atoms with Gasteiger partial charge in [-0.15, -0.1) is 0 Å². The SMILES string of the molecule is CCCCCCCCOc1ccc(OCCCCCCCCOC(=O)CCC(=O)OCCC)c(C(=O)OCCCCCCOC2CCCCO2)c1. The van der Waals surface area contributed by atoms with Crippen molar-refractivity contribution in [1.29, 1.82) is 0 Å². The first-order valence-corrected chi connectivity index (χ1v) is 20.1. The Balaban J connectivity index is 1.66. The lowest BCUT2D eigenvalue weighted by Gasteiger charge is -2.22. The first-order valence-electron chi connectivity index (χ1n) is 20.1. The second-order valence-electron chi connectivity index (χ2n) is 13.4. The highest BCUT2D eigenvalue weighted by atomic mass is 16.7. The van der Waals surface area contributed by atoms with E-state index in [-0.39, 0.29) is 37.0 Å².